The molecule has 2 unspecified atom stereocenters. The number of nitrogens with one attached hydrogen (secondary N) is 1. The minimum Gasteiger partial charge on any atom is -0.481 e. The highest BCUT2D eigenvalue weighted by atomic mass is 35.5. The van der Waals surface area contributed by atoms with Crippen LogP contribution >= 0.6 is 11.6 Å². The van der Waals surface area contributed by atoms with Gasteiger partial charge < -0.3 is 10.4 Å². The lowest BCUT2D eigenvalue weighted by atomic mass is 9.79. The molecule has 1 heterocycles. The summed E-state index contributed by atoms with van der Waals surface area (Å²) in [6.07, 6.45) is 4.15. The number of rotatable bonds is 4. The zero-order chi connectivity index (χ0) is 15.4. The number of carbonyl (C=O) groups is 2. The first-order valence-corrected chi connectivity index (χ1v) is 7.19. The van der Waals surface area contributed by atoms with Gasteiger partial charge in [-0.15, -0.1) is 0 Å². The van der Waals surface area contributed by atoms with Gasteiger partial charge in [0.15, 0.2) is 0 Å². The van der Waals surface area contributed by atoms with E-state index in [0.717, 1.165) is 31.5 Å². The summed E-state index contributed by atoms with van der Waals surface area (Å²) in [4.78, 5) is 26.7. The van der Waals surface area contributed by atoms with Crippen LogP contribution in [0.2, 0.25) is 5.15 Å². The summed E-state index contributed by atoms with van der Waals surface area (Å²) >= 11 is 5.76. The highest BCUT2D eigenvalue weighted by Gasteiger charge is 2.31. The molecule has 0 aromatic carbocycles. The monoisotopic (exact) mass is 314 g/mol. The molecule has 2 atom stereocenters. The maximum Gasteiger partial charge on any atom is 0.306 e. The van der Waals surface area contributed by atoms with Crippen LogP contribution in [-0.2, 0) is 4.79 Å². The van der Waals surface area contributed by atoms with E-state index >= 15 is 0 Å². The van der Waals surface area contributed by atoms with Gasteiger partial charge in [-0.1, -0.05) is 24.4 Å². The molecule has 0 radical (unpaired) electrons. The number of aromatic nitrogens is 1. The molecule has 7 heteroatoms. The Morgan fingerprint density at radius 3 is 2.86 bits per heavy atom. The largest absolute Gasteiger partial charge is 0.481 e. The lowest BCUT2D eigenvalue weighted by Crippen LogP contribution is -2.37. The van der Waals surface area contributed by atoms with E-state index in [1.807, 2.05) is 0 Å². The van der Waals surface area contributed by atoms with E-state index < -0.39 is 23.6 Å². The predicted molar refractivity (Wildman–Crippen MR) is 74.6 cm³/mol. The Bertz CT molecular complexity index is 553. The van der Waals surface area contributed by atoms with Crippen molar-refractivity contribution in [1.82, 2.24) is 10.3 Å². The molecule has 0 saturated heterocycles. The predicted octanol–water partition coefficient (Wildman–Crippen LogP) is 2.49. The fourth-order valence-electron chi connectivity index (χ4n) is 2.68. The Hall–Kier alpha value is -1.69. The number of carbonyl (C=O) groups excluding carboxylic acids is 1. The molecule has 1 aliphatic carbocycles. The molecule has 0 aliphatic heterocycles. The molecule has 2 N–H and O–H groups in total. The topological polar surface area (TPSA) is 79.3 Å². The Morgan fingerprint density at radius 2 is 2.14 bits per heavy atom. The van der Waals surface area contributed by atoms with E-state index in [1.165, 1.54) is 0 Å². The van der Waals surface area contributed by atoms with Crippen molar-refractivity contribution < 1.29 is 19.1 Å². The zero-order valence-corrected chi connectivity index (χ0v) is 12.1. The number of amides is 1. The number of hydrogen-bond donors (Lipinski definition) is 2. The molecular weight excluding hydrogens is 299 g/mol. The van der Waals surface area contributed by atoms with Crippen LogP contribution in [-0.4, -0.2) is 28.5 Å². The van der Waals surface area contributed by atoms with E-state index in [1.54, 1.807) is 0 Å². The summed E-state index contributed by atoms with van der Waals surface area (Å²) in [7, 11) is 0. The van der Waals surface area contributed by atoms with Crippen molar-refractivity contribution in [3.8, 4) is 0 Å². The number of carboxylic acids is 1. The summed E-state index contributed by atoms with van der Waals surface area (Å²) in [5.74, 6) is -2.58. The third kappa shape index (κ3) is 3.91. The molecule has 21 heavy (non-hydrogen) atoms. The maximum atomic E-state index is 13.1. The molecule has 2 rings (SSSR count). The molecule has 1 aromatic rings. The first-order valence-electron chi connectivity index (χ1n) is 6.81. The molecule has 114 valence electrons. The minimum atomic E-state index is -0.834. The van der Waals surface area contributed by atoms with Crippen molar-refractivity contribution in [2.45, 2.75) is 25.7 Å². The van der Waals surface area contributed by atoms with E-state index in [0.29, 0.717) is 6.42 Å². The van der Waals surface area contributed by atoms with E-state index in [-0.39, 0.29) is 23.2 Å². The number of aliphatic carboxylic acids is 1. The van der Waals surface area contributed by atoms with E-state index in [4.69, 9.17) is 11.6 Å². The van der Waals surface area contributed by atoms with Crippen molar-refractivity contribution in [2.75, 3.05) is 6.54 Å². The summed E-state index contributed by atoms with van der Waals surface area (Å²) in [5, 5.41) is 11.7. The summed E-state index contributed by atoms with van der Waals surface area (Å²) in [6, 6.07) is 1.01. The molecule has 1 aromatic heterocycles. The smallest absolute Gasteiger partial charge is 0.306 e. The van der Waals surface area contributed by atoms with Gasteiger partial charge in [0.25, 0.3) is 5.91 Å². The first-order chi connectivity index (χ1) is 9.99. The fraction of sp³-hybridized carbons (Fsp3) is 0.500. The average Bonchev–Trinajstić information content (AvgIpc) is 2.47. The van der Waals surface area contributed by atoms with Crippen molar-refractivity contribution in [3.05, 3.63) is 28.8 Å². The molecular formula is C14H16ClFN2O3. The Labute approximate surface area is 126 Å². The van der Waals surface area contributed by atoms with Crippen LogP contribution in [0.4, 0.5) is 4.39 Å². The van der Waals surface area contributed by atoms with Crippen molar-refractivity contribution in [3.63, 3.8) is 0 Å². The van der Waals surface area contributed by atoms with Crippen LogP contribution in [0.15, 0.2) is 12.3 Å². The van der Waals surface area contributed by atoms with Gasteiger partial charge in [0, 0.05) is 6.54 Å². The Morgan fingerprint density at radius 1 is 1.43 bits per heavy atom. The second-order valence-corrected chi connectivity index (χ2v) is 5.55. The molecule has 1 fully saturated rings. The maximum absolute atomic E-state index is 13.1. The van der Waals surface area contributed by atoms with E-state index in [2.05, 4.69) is 10.3 Å². The minimum absolute atomic E-state index is 0.0423. The molecule has 1 amide bonds. The third-order valence-corrected chi connectivity index (χ3v) is 4.10. The quantitative estimate of drug-likeness (QED) is 0.837. The molecule has 1 aliphatic rings. The fourth-order valence-corrected chi connectivity index (χ4v) is 2.87. The van der Waals surface area contributed by atoms with Crippen molar-refractivity contribution >= 4 is 23.5 Å². The highest BCUT2D eigenvalue weighted by molar-refractivity contribution is 6.32. The van der Waals surface area contributed by atoms with Crippen molar-refractivity contribution in [2.24, 2.45) is 11.8 Å². The van der Waals surface area contributed by atoms with Crippen LogP contribution < -0.4 is 5.32 Å². The van der Waals surface area contributed by atoms with Gasteiger partial charge in [-0.3, -0.25) is 9.59 Å². The zero-order valence-electron chi connectivity index (χ0n) is 11.3. The first kappa shape index (κ1) is 15.7. The summed E-state index contributed by atoms with van der Waals surface area (Å²) in [5.41, 5.74) is -0.0423. The van der Waals surface area contributed by atoms with Gasteiger partial charge in [0.2, 0.25) is 0 Å². The van der Waals surface area contributed by atoms with Crippen LogP contribution in [0.25, 0.3) is 0 Å². The second-order valence-electron chi connectivity index (χ2n) is 5.19. The van der Waals surface area contributed by atoms with Gasteiger partial charge >= 0.3 is 5.97 Å². The molecule has 1 saturated carbocycles. The Kier molecular flexibility index (Phi) is 5.12. The number of nitrogens with zero attached hydrogens (tertiary/aromatic N) is 1. The lowest BCUT2D eigenvalue weighted by Gasteiger charge is -2.28. The normalized spacial score (nSPS) is 21.8. The van der Waals surface area contributed by atoms with E-state index in [9.17, 15) is 19.1 Å². The van der Waals surface area contributed by atoms with Gasteiger partial charge in [-0.25, -0.2) is 9.37 Å². The molecule has 5 nitrogen and oxygen atoms in total. The molecule has 0 bridgehead atoms. The number of halogens is 2. The number of carboxylic acid groups (broad SMARTS) is 1. The average molecular weight is 315 g/mol. The van der Waals surface area contributed by atoms with Gasteiger partial charge in [-0.05, 0) is 24.8 Å². The SMILES string of the molecule is O=C(NCC1CCCCC1C(=O)O)c1cc(F)cnc1Cl. The van der Waals surface area contributed by atoms with Gasteiger partial charge in [-0.2, -0.15) is 0 Å². The highest BCUT2D eigenvalue weighted by Crippen LogP contribution is 2.29. The second kappa shape index (κ2) is 6.85. The van der Waals surface area contributed by atoms with Crippen LogP contribution in [0.5, 0.6) is 0 Å². The van der Waals surface area contributed by atoms with Gasteiger partial charge in [0.05, 0.1) is 17.7 Å². The van der Waals surface area contributed by atoms with Crippen LogP contribution in [0.1, 0.15) is 36.0 Å². The summed E-state index contributed by atoms with van der Waals surface area (Å²) < 4.78 is 13.1. The number of pyridine rings is 1. The standard InChI is InChI=1S/C14H16ClFN2O3/c15-12-11(5-9(16)7-17-12)13(19)18-6-8-3-1-2-4-10(8)14(20)21/h5,7-8,10H,1-4,6H2,(H,18,19)(H,20,21). The lowest BCUT2D eigenvalue weighted by molar-refractivity contribution is -0.144. The Balaban J connectivity index is 1.99. The van der Waals surface area contributed by atoms with Gasteiger partial charge in [0.1, 0.15) is 11.0 Å². The van der Waals surface area contributed by atoms with Crippen LogP contribution in [0.3, 0.4) is 0 Å². The molecule has 0 spiro atoms. The third-order valence-electron chi connectivity index (χ3n) is 3.80. The summed E-state index contributed by atoms with van der Waals surface area (Å²) in [6.45, 7) is 0.239. The van der Waals surface area contributed by atoms with Crippen LogP contribution in [0, 0.1) is 17.7 Å². The van der Waals surface area contributed by atoms with Crippen molar-refractivity contribution in [1.29, 1.82) is 0 Å². The number of hydrogen-bond acceptors (Lipinski definition) is 3.